The molecule has 2 amide bonds. The minimum absolute atomic E-state index is 0.0376. The molecule has 136 valence electrons. The zero-order chi connectivity index (χ0) is 18.8. The fourth-order valence-corrected chi connectivity index (χ4v) is 3.32. The van der Waals surface area contributed by atoms with Gasteiger partial charge in [-0.15, -0.1) is 0 Å². The molecule has 5 nitrogen and oxygen atoms in total. The monoisotopic (exact) mass is 391 g/mol. The second-order valence-corrected chi connectivity index (χ2v) is 7.01. The van der Waals surface area contributed by atoms with Crippen LogP contribution in [-0.4, -0.2) is 24.4 Å². The zero-order valence-electron chi connectivity index (χ0n) is 14.5. The number of carbonyl (C=O) groups is 2. The number of benzene rings is 2. The molecular weight excluding hydrogens is 373 g/mol. The second-order valence-electron chi connectivity index (χ2n) is 6.22. The Kier molecular flexibility index (Phi) is 5.39. The van der Waals surface area contributed by atoms with Gasteiger partial charge in [0.1, 0.15) is 6.04 Å². The molecule has 0 aliphatic carbocycles. The van der Waals surface area contributed by atoms with Crippen LogP contribution < -0.4 is 15.5 Å². The summed E-state index contributed by atoms with van der Waals surface area (Å²) in [7, 11) is 0. The molecule has 7 heteroatoms. The topological polar surface area (TPSA) is 61.4 Å². The normalized spacial score (nSPS) is 13.9. The van der Waals surface area contributed by atoms with Crippen LogP contribution in [0.5, 0.6) is 0 Å². The van der Waals surface area contributed by atoms with E-state index in [-0.39, 0.29) is 11.8 Å². The SMILES string of the molecule is CC(=O)N1CCc2cc(N[C@@H](C)C(=O)Nc3cccc(Cl)c3Cl)ccc21. The highest BCUT2D eigenvalue weighted by Crippen LogP contribution is 2.31. The van der Waals surface area contributed by atoms with Crippen molar-refractivity contribution < 1.29 is 9.59 Å². The Morgan fingerprint density at radius 3 is 2.69 bits per heavy atom. The third-order valence-electron chi connectivity index (χ3n) is 4.34. The predicted octanol–water partition coefficient (Wildman–Crippen LogP) is 4.34. The van der Waals surface area contributed by atoms with Crippen molar-refractivity contribution in [3.63, 3.8) is 0 Å². The van der Waals surface area contributed by atoms with Gasteiger partial charge in [-0.1, -0.05) is 29.3 Å². The molecule has 3 rings (SSSR count). The fourth-order valence-electron chi connectivity index (χ4n) is 2.98. The number of halogens is 2. The highest BCUT2D eigenvalue weighted by molar-refractivity contribution is 6.44. The molecule has 0 saturated heterocycles. The van der Waals surface area contributed by atoms with E-state index in [9.17, 15) is 9.59 Å². The smallest absolute Gasteiger partial charge is 0.246 e. The molecule has 1 aliphatic rings. The van der Waals surface area contributed by atoms with E-state index in [1.165, 1.54) is 0 Å². The van der Waals surface area contributed by atoms with Gasteiger partial charge in [-0.05, 0) is 49.2 Å². The van der Waals surface area contributed by atoms with E-state index in [2.05, 4.69) is 10.6 Å². The first-order valence-electron chi connectivity index (χ1n) is 8.29. The van der Waals surface area contributed by atoms with E-state index in [0.717, 1.165) is 23.4 Å². The summed E-state index contributed by atoms with van der Waals surface area (Å²) in [5.41, 5.74) is 3.33. The summed E-state index contributed by atoms with van der Waals surface area (Å²) < 4.78 is 0. The maximum Gasteiger partial charge on any atom is 0.246 e. The summed E-state index contributed by atoms with van der Waals surface area (Å²) in [6.07, 6.45) is 0.809. The summed E-state index contributed by atoms with van der Waals surface area (Å²) in [4.78, 5) is 25.8. The summed E-state index contributed by atoms with van der Waals surface area (Å²) in [6, 6.07) is 10.4. The van der Waals surface area contributed by atoms with Crippen molar-refractivity contribution in [2.75, 3.05) is 22.1 Å². The summed E-state index contributed by atoms with van der Waals surface area (Å²) in [5.74, 6) is -0.185. The van der Waals surface area contributed by atoms with Gasteiger partial charge in [0.2, 0.25) is 11.8 Å². The molecule has 0 aromatic heterocycles. The number of nitrogens with one attached hydrogen (secondary N) is 2. The minimum atomic E-state index is -0.478. The molecular formula is C19H19Cl2N3O2. The van der Waals surface area contributed by atoms with Crippen LogP contribution in [0.3, 0.4) is 0 Å². The molecule has 0 spiro atoms. The van der Waals surface area contributed by atoms with E-state index in [1.54, 1.807) is 36.9 Å². The number of anilines is 3. The summed E-state index contributed by atoms with van der Waals surface area (Å²) >= 11 is 12.1. The van der Waals surface area contributed by atoms with Gasteiger partial charge in [0, 0.05) is 24.8 Å². The Morgan fingerprint density at radius 1 is 1.19 bits per heavy atom. The zero-order valence-corrected chi connectivity index (χ0v) is 16.0. The highest BCUT2D eigenvalue weighted by Gasteiger charge is 2.23. The van der Waals surface area contributed by atoms with Gasteiger partial charge < -0.3 is 15.5 Å². The van der Waals surface area contributed by atoms with Gasteiger partial charge in [0.05, 0.1) is 15.7 Å². The number of amides is 2. The Morgan fingerprint density at radius 2 is 1.96 bits per heavy atom. The van der Waals surface area contributed by atoms with Crippen molar-refractivity contribution >= 4 is 52.1 Å². The Bertz CT molecular complexity index is 870. The molecule has 2 N–H and O–H groups in total. The molecule has 2 aromatic carbocycles. The van der Waals surface area contributed by atoms with Gasteiger partial charge >= 0.3 is 0 Å². The van der Waals surface area contributed by atoms with E-state index in [4.69, 9.17) is 23.2 Å². The van der Waals surface area contributed by atoms with Gasteiger partial charge in [0.25, 0.3) is 0 Å². The van der Waals surface area contributed by atoms with Crippen LogP contribution in [0.1, 0.15) is 19.4 Å². The fraction of sp³-hybridized carbons (Fsp3) is 0.263. The average molecular weight is 392 g/mol. The number of rotatable bonds is 4. The quantitative estimate of drug-likeness (QED) is 0.814. The standard InChI is InChI=1S/C19H19Cl2N3O2/c1-11(19(26)23-16-5-3-4-15(20)18(16)21)22-14-6-7-17-13(10-14)8-9-24(17)12(2)25/h3-7,10-11,22H,8-9H2,1-2H3,(H,23,26)/t11-/m0/s1. The average Bonchev–Trinajstić information content (AvgIpc) is 3.02. The molecule has 0 radical (unpaired) electrons. The third kappa shape index (κ3) is 3.79. The van der Waals surface area contributed by atoms with Crippen molar-refractivity contribution in [1.82, 2.24) is 0 Å². The van der Waals surface area contributed by atoms with Crippen molar-refractivity contribution in [2.24, 2.45) is 0 Å². The molecule has 0 fully saturated rings. The first kappa shape index (κ1) is 18.5. The summed E-state index contributed by atoms with van der Waals surface area (Å²) in [5, 5.41) is 6.66. The lowest BCUT2D eigenvalue weighted by Gasteiger charge is -2.18. The van der Waals surface area contributed by atoms with Crippen molar-refractivity contribution in [1.29, 1.82) is 0 Å². The van der Waals surface area contributed by atoms with Gasteiger partial charge in [-0.25, -0.2) is 0 Å². The maximum atomic E-state index is 12.4. The van der Waals surface area contributed by atoms with Gasteiger partial charge in [0.15, 0.2) is 0 Å². The minimum Gasteiger partial charge on any atom is -0.374 e. The number of hydrogen-bond donors (Lipinski definition) is 2. The van der Waals surface area contributed by atoms with E-state index in [0.29, 0.717) is 22.3 Å². The lowest BCUT2D eigenvalue weighted by molar-refractivity contribution is -0.117. The van der Waals surface area contributed by atoms with Gasteiger partial charge in [-0.3, -0.25) is 9.59 Å². The lowest BCUT2D eigenvalue weighted by Crippen LogP contribution is -2.32. The van der Waals surface area contributed by atoms with Crippen LogP contribution >= 0.6 is 23.2 Å². The second kappa shape index (κ2) is 7.56. The molecule has 0 bridgehead atoms. The summed E-state index contributed by atoms with van der Waals surface area (Å²) in [6.45, 7) is 4.02. The first-order chi connectivity index (χ1) is 12.4. The Labute approximate surface area is 162 Å². The van der Waals surface area contributed by atoms with Crippen LogP contribution in [0.4, 0.5) is 17.1 Å². The van der Waals surface area contributed by atoms with Crippen molar-refractivity contribution in [3.8, 4) is 0 Å². The predicted molar refractivity (Wildman–Crippen MR) is 106 cm³/mol. The molecule has 1 aliphatic heterocycles. The number of carbonyl (C=O) groups excluding carboxylic acids is 2. The number of fused-ring (bicyclic) bond motifs is 1. The molecule has 2 aromatic rings. The van der Waals surface area contributed by atoms with E-state index < -0.39 is 6.04 Å². The van der Waals surface area contributed by atoms with Crippen LogP contribution in [0, 0.1) is 0 Å². The molecule has 26 heavy (non-hydrogen) atoms. The highest BCUT2D eigenvalue weighted by atomic mass is 35.5. The van der Waals surface area contributed by atoms with Crippen LogP contribution in [0.15, 0.2) is 36.4 Å². The molecule has 0 saturated carbocycles. The van der Waals surface area contributed by atoms with Crippen molar-refractivity contribution in [2.45, 2.75) is 26.3 Å². The van der Waals surface area contributed by atoms with Gasteiger partial charge in [-0.2, -0.15) is 0 Å². The number of hydrogen-bond acceptors (Lipinski definition) is 3. The van der Waals surface area contributed by atoms with Crippen LogP contribution in [0.2, 0.25) is 10.0 Å². The first-order valence-corrected chi connectivity index (χ1v) is 9.05. The van der Waals surface area contributed by atoms with Crippen LogP contribution in [-0.2, 0) is 16.0 Å². The van der Waals surface area contributed by atoms with Crippen LogP contribution in [0.25, 0.3) is 0 Å². The van der Waals surface area contributed by atoms with E-state index >= 15 is 0 Å². The molecule has 1 heterocycles. The lowest BCUT2D eigenvalue weighted by atomic mass is 10.1. The van der Waals surface area contributed by atoms with E-state index in [1.807, 2.05) is 18.2 Å². The number of nitrogens with zero attached hydrogens (tertiary/aromatic N) is 1. The van der Waals surface area contributed by atoms with Crippen molar-refractivity contribution in [3.05, 3.63) is 52.0 Å². The molecule has 0 unspecified atom stereocenters. The largest absolute Gasteiger partial charge is 0.374 e. The Balaban J connectivity index is 1.68. The Hall–Kier alpha value is -2.24. The maximum absolute atomic E-state index is 12.4. The third-order valence-corrected chi connectivity index (χ3v) is 5.16. The molecule has 1 atom stereocenters.